The first kappa shape index (κ1) is 12.3. The van der Waals surface area contributed by atoms with Crippen LogP contribution in [-0.4, -0.2) is 16.7 Å². The lowest BCUT2D eigenvalue weighted by Gasteiger charge is -2.06. The summed E-state index contributed by atoms with van der Waals surface area (Å²) in [7, 11) is 0. The van der Waals surface area contributed by atoms with Crippen molar-refractivity contribution in [3.63, 3.8) is 0 Å². The number of carbonyl (C=O) groups excluding carboxylic acids is 2. The highest BCUT2D eigenvalue weighted by Crippen LogP contribution is 2.27. The number of Topliss-reactive ketones (excluding diaryl/α,β-unsaturated/α-hetero) is 1. The first-order valence-corrected chi connectivity index (χ1v) is 6.30. The minimum atomic E-state index is -0.626. The molecule has 0 atom stereocenters. The van der Waals surface area contributed by atoms with Crippen molar-refractivity contribution in [3.8, 4) is 0 Å². The van der Waals surface area contributed by atoms with E-state index in [4.69, 9.17) is 0 Å². The second-order valence-electron chi connectivity index (χ2n) is 4.50. The number of allylic oxidation sites excluding steroid dienone is 1. The number of amides is 1. The number of nitrogens with one attached hydrogen (secondary N) is 1. The summed E-state index contributed by atoms with van der Waals surface area (Å²) in [6.45, 7) is 0. The minimum absolute atomic E-state index is 0.479. The Morgan fingerprint density at radius 2 is 1.80 bits per heavy atom. The Kier molecular flexibility index (Phi) is 3.13. The summed E-state index contributed by atoms with van der Waals surface area (Å²) in [6.07, 6.45) is 5.62. The molecule has 0 unspecified atom stereocenters. The highest BCUT2D eigenvalue weighted by molar-refractivity contribution is 6.56. The monoisotopic (exact) mass is 264 g/mol. The van der Waals surface area contributed by atoms with E-state index in [2.05, 4.69) is 10.3 Å². The molecule has 0 saturated heterocycles. The lowest BCUT2D eigenvalue weighted by molar-refractivity contribution is -0.131. The number of fused-ring (bicyclic) bond motifs is 1. The van der Waals surface area contributed by atoms with Gasteiger partial charge in [-0.3, -0.25) is 14.6 Å². The van der Waals surface area contributed by atoms with Crippen molar-refractivity contribution in [2.75, 3.05) is 5.32 Å². The SMILES string of the molecule is O=C(Nc1ccncc1)C(=O)C1=CCc2ccccc21. The Balaban J connectivity index is 1.79. The number of benzene rings is 1. The van der Waals surface area contributed by atoms with E-state index < -0.39 is 11.7 Å². The van der Waals surface area contributed by atoms with E-state index in [0.717, 1.165) is 11.1 Å². The van der Waals surface area contributed by atoms with E-state index in [-0.39, 0.29) is 0 Å². The molecule has 2 aromatic rings. The van der Waals surface area contributed by atoms with Crippen LogP contribution < -0.4 is 5.32 Å². The van der Waals surface area contributed by atoms with Crippen molar-refractivity contribution in [3.05, 3.63) is 66.0 Å². The molecule has 1 aliphatic carbocycles. The van der Waals surface area contributed by atoms with Crippen LogP contribution in [0.1, 0.15) is 11.1 Å². The molecule has 98 valence electrons. The third-order valence-electron chi connectivity index (χ3n) is 3.22. The van der Waals surface area contributed by atoms with Gasteiger partial charge in [-0.2, -0.15) is 0 Å². The van der Waals surface area contributed by atoms with Gasteiger partial charge in [0.1, 0.15) is 0 Å². The van der Waals surface area contributed by atoms with Crippen LogP contribution in [0.4, 0.5) is 5.69 Å². The molecular formula is C16H12N2O2. The third-order valence-corrected chi connectivity index (χ3v) is 3.22. The zero-order valence-corrected chi connectivity index (χ0v) is 10.7. The molecule has 0 radical (unpaired) electrons. The predicted octanol–water partition coefficient (Wildman–Crippen LogP) is 2.23. The highest BCUT2D eigenvalue weighted by Gasteiger charge is 2.25. The van der Waals surface area contributed by atoms with Gasteiger partial charge in [0.15, 0.2) is 0 Å². The third kappa shape index (κ3) is 2.23. The van der Waals surface area contributed by atoms with Crippen LogP contribution in [0.5, 0.6) is 0 Å². The fourth-order valence-electron chi connectivity index (χ4n) is 2.24. The molecule has 1 amide bonds. The van der Waals surface area contributed by atoms with Gasteiger partial charge in [-0.05, 0) is 29.7 Å². The number of aromatic nitrogens is 1. The summed E-state index contributed by atoms with van der Waals surface area (Å²) in [4.78, 5) is 28.1. The van der Waals surface area contributed by atoms with Gasteiger partial charge in [-0.25, -0.2) is 0 Å². The van der Waals surface area contributed by atoms with Crippen molar-refractivity contribution in [2.24, 2.45) is 0 Å². The van der Waals surface area contributed by atoms with Gasteiger partial charge in [0.05, 0.1) is 0 Å². The predicted molar refractivity (Wildman–Crippen MR) is 76.0 cm³/mol. The second-order valence-corrected chi connectivity index (χ2v) is 4.50. The molecule has 0 fully saturated rings. The summed E-state index contributed by atoms with van der Waals surface area (Å²) in [5.74, 6) is -1.13. The van der Waals surface area contributed by atoms with E-state index in [1.807, 2.05) is 24.3 Å². The smallest absolute Gasteiger partial charge is 0.296 e. The Morgan fingerprint density at radius 1 is 1.05 bits per heavy atom. The zero-order valence-electron chi connectivity index (χ0n) is 10.7. The molecule has 3 rings (SSSR count). The summed E-state index contributed by atoms with van der Waals surface area (Å²) in [5.41, 5.74) is 2.97. The zero-order chi connectivity index (χ0) is 13.9. The highest BCUT2D eigenvalue weighted by atomic mass is 16.2. The van der Waals surface area contributed by atoms with Crippen LogP contribution >= 0.6 is 0 Å². The van der Waals surface area contributed by atoms with Crippen LogP contribution in [-0.2, 0) is 16.0 Å². The van der Waals surface area contributed by atoms with E-state index in [1.165, 1.54) is 0 Å². The maximum Gasteiger partial charge on any atom is 0.296 e. The van der Waals surface area contributed by atoms with Gasteiger partial charge in [0.2, 0.25) is 0 Å². The molecule has 1 heterocycles. The van der Waals surface area contributed by atoms with Crippen LogP contribution in [0.25, 0.3) is 5.57 Å². The molecule has 20 heavy (non-hydrogen) atoms. The van der Waals surface area contributed by atoms with E-state index in [9.17, 15) is 9.59 Å². The van der Waals surface area contributed by atoms with E-state index in [1.54, 1.807) is 30.6 Å². The molecule has 0 spiro atoms. The summed E-state index contributed by atoms with van der Waals surface area (Å²) < 4.78 is 0. The molecule has 1 aromatic carbocycles. The van der Waals surface area contributed by atoms with Crippen molar-refractivity contribution < 1.29 is 9.59 Å². The van der Waals surface area contributed by atoms with E-state index >= 15 is 0 Å². The van der Waals surface area contributed by atoms with E-state index in [0.29, 0.717) is 17.7 Å². The topological polar surface area (TPSA) is 59.1 Å². The van der Waals surface area contributed by atoms with Crippen LogP contribution in [0.2, 0.25) is 0 Å². The lowest BCUT2D eigenvalue weighted by atomic mass is 10.0. The number of carbonyl (C=O) groups is 2. The second kappa shape index (κ2) is 5.09. The van der Waals surface area contributed by atoms with Crippen LogP contribution in [0.3, 0.4) is 0 Å². The standard InChI is InChI=1S/C16H12N2O2/c19-15(16(20)18-12-7-9-17-10-8-12)14-6-5-11-3-1-2-4-13(11)14/h1-4,6-10H,5H2,(H,17,18,20). The summed E-state index contributed by atoms with van der Waals surface area (Å²) >= 11 is 0. The fourth-order valence-corrected chi connectivity index (χ4v) is 2.24. The van der Waals surface area contributed by atoms with Gasteiger partial charge < -0.3 is 5.32 Å². The molecule has 1 aliphatic rings. The molecule has 4 nitrogen and oxygen atoms in total. The first-order valence-electron chi connectivity index (χ1n) is 6.30. The Labute approximate surface area is 116 Å². The summed E-state index contributed by atoms with van der Waals surface area (Å²) in [5, 5.41) is 2.58. The van der Waals surface area contributed by atoms with Crippen molar-refractivity contribution in [2.45, 2.75) is 6.42 Å². The molecule has 4 heteroatoms. The lowest BCUT2D eigenvalue weighted by Crippen LogP contribution is -2.23. The molecular weight excluding hydrogens is 252 g/mol. The van der Waals surface area contributed by atoms with Crippen molar-refractivity contribution in [1.82, 2.24) is 4.98 Å². The van der Waals surface area contributed by atoms with Crippen molar-refractivity contribution in [1.29, 1.82) is 0 Å². The Bertz CT molecular complexity index is 705. The molecule has 1 aromatic heterocycles. The Morgan fingerprint density at radius 3 is 2.60 bits per heavy atom. The molecule has 1 N–H and O–H groups in total. The largest absolute Gasteiger partial charge is 0.319 e. The number of anilines is 1. The van der Waals surface area contributed by atoms with Crippen LogP contribution in [0, 0.1) is 0 Å². The van der Waals surface area contributed by atoms with Gasteiger partial charge in [0, 0.05) is 23.7 Å². The number of hydrogen-bond donors (Lipinski definition) is 1. The van der Waals surface area contributed by atoms with Gasteiger partial charge in [-0.1, -0.05) is 30.3 Å². The fraction of sp³-hybridized carbons (Fsp3) is 0.0625. The Hall–Kier alpha value is -2.75. The quantitative estimate of drug-likeness (QED) is 0.865. The minimum Gasteiger partial charge on any atom is -0.319 e. The normalized spacial score (nSPS) is 12.5. The number of nitrogens with zero attached hydrogens (tertiary/aromatic N) is 1. The van der Waals surface area contributed by atoms with Gasteiger partial charge in [0.25, 0.3) is 11.7 Å². The maximum atomic E-state index is 12.2. The maximum absolute atomic E-state index is 12.2. The van der Waals surface area contributed by atoms with Crippen molar-refractivity contribution >= 4 is 23.0 Å². The van der Waals surface area contributed by atoms with Gasteiger partial charge >= 0.3 is 0 Å². The number of hydrogen-bond acceptors (Lipinski definition) is 3. The average molecular weight is 264 g/mol. The molecule has 0 bridgehead atoms. The van der Waals surface area contributed by atoms with Crippen LogP contribution in [0.15, 0.2) is 54.9 Å². The summed E-state index contributed by atoms with van der Waals surface area (Å²) in [6, 6.07) is 10.9. The van der Waals surface area contributed by atoms with Gasteiger partial charge in [-0.15, -0.1) is 0 Å². The molecule has 0 saturated carbocycles. The number of pyridine rings is 1. The number of rotatable bonds is 3. The first-order chi connectivity index (χ1) is 9.75. The number of ketones is 1. The molecule has 0 aliphatic heterocycles. The average Bonchev–Trinajstić information content (AvgIpc) is 2.91.